The molecular formula is C14H18BrClN2O. The van der Waals surface area contributed by atoms with Crippen LogP contribution in [0, 0.1) is 0 Å². The number of likely N-dealkylation sites (tertiary alicyclic amines) is 1. The van der Waals surface area contributed by atoms with E-state index < -0.39 is 0 Å². The summed E-state index contributed by atoms with van der Waals surface area (Å²) in [7, 11) is 0. The summed E-state index contributed by atoms with van der Waals surface area (Å²) < 4.78 is 0.778. The Morgan fingerprint density at radius 2 is 2.16 bits per heavy atom. The van der Waals surface area contributed by atoms with Crippen LogP contribution in [0.2, 0.25) is 5.02 Å². The van der Waals surface area contributed by atoms with E-state index in [1.807, 2.05) is 0 Å². The molecule has 0 atom stereocenters. The van der Waals surface area contributed by atoms with Gasteiger partial charge in [-0.15, -0.1) is 0 Å². The summed E-state index contributed by atoms with van der Waals surface area (Å²) in [5.41, 5.74) is 0.602. The van der Waals surface area contributed by atoms with Gasteiger partial charge in [0.1, 0.15) is 0 Å². The summed E-state index contributed by atoms with van der Waals surface area (Å²) in [6, 6.07) is 5.53. The van der Waals surface area contributed by atoms with Gasteiger partial charge in [-0.05, 0) is 53.5 Å². The van der Waals surface area contributed by atoms with Gasteiger partial charge in [0.25, 0.3) is 5.91 Å². The van der Waals surface area contributed by atoms with E-state index in [4.69, 9.17) is 11.6 Å². The number of rotatable bonds is 3. The Morgan fingerprint density at radius 1 is 1.47 bits per heavy atom. The molecule has 0 unspecified atom stereocenters. The molecule has 1 aliphatic rings. The quantitative estimate of drug-likeness (QED) is 0.911. The number of halogens is 2. The van der Waals surface area contributed by atoms with Crippen molar-refractivity contribution in [2.24, 2.45) is 0 Å². The molecule has 1 heterocycles. The van der Waals surface area contributed by atoms with Gasteiger partial charge in [0, 0.05) is 28.6 Å². The maximum absolute atomic E-state index is 12.2. The predicted molar refractivity (Wildman–Crippen MR) is 81.8 cm³/mol. The fourth-order valence-corrected chi connectivity index (χ4v) is 2.93. The van der Waals surface area contributed by atoms with Gasteiger partial charge in [-0.1, -0.05) is 18.5 Å². The molecule has 0 aromatic heterocycles. The van der Waals surface area contributed by atoms with E-state index in [-0.39, 0.29) is 11.9 Å². The third kappa shape index (κ3) is 3.94. The number of nitrogens with one attached hydrogen (secondary N) is 1. The average Bonchev–Trinajstić information content (AvgIpc) is 2.42. The zero-order valence-electron chi connectivity index (χ0n) is 11.0. The van der Waals surface area contributed by atoms with Crippen molar-refractivity contribution < 1.29 is 4.79 Å². The molecule has 19 heavy (non-hydrogen) atoms. The molecule has 1 amide bonds. The lowest BCUT2D eigenvalue weighted by molar-refractivity contribution is 0.0912. The minimum atomic E-state index is -0.0516. The maximum Gasteiger partial charge on any atom is 0.252 e. The first-order valence-electron chi connectivity index (χ1n) is 6.58. The highest BCUT2D eigenvalue weighted by atomic mass is 79.9. The largest absolute Gasteiger partial charge is 0.349 e. The van der Waals surface area contributed by atoms with Gasteiger partial charge in [-0.2, -0.15) is 0 Å². The molecule has 1 saturated heterocycles. The smallest absolute Gasteiger partial charge is 0.252 e. The van der Waals surface area contributed by atoms with E-state index in [0.29, 0.717) is 10.6 Å². The highest BCUT2D eigenvalue weighted by Crippen LogP contribution is 2.21. The number of hydrogen-bond donors (Lipinski definition) is 1. The zero-order chi connectivity index (χ0) is 13.8. The molecule has 2 rings (SSSR count). The van der Waals surface area contributed by atoms with E-state index in [9.17, 15) is 4.79 Å². The van der Waals surface area contributed by atoms with Crippen LogP contribution in [0.1, 0.15) is 30.1 Å². The fraction of sp³-hybridized carbons (Fsp3) is 0.500. The van der Waals surface area contributed by atoms with E-state index in [1.54, 1.807) is 18.2 Å². The van der Waals surface area contributed by atoms with Crippen LogP contribution in [0.25, 0.3) is 0 Å². The second kappa shape index (κ2) is 6.73. The third-order valence-corrected chi connectivity index (χ3v) is 4.47. The van der Waals surface area contributed by atoms with E-state index in [0.717, 1.165) is 36.9 Å². The summed E-state index contributed by atoms with van der Waals surface area (Å²) in [5, 5.41) is 3.67. The van der Waals surface area contributed by atoms with Crippen LogP contribution in [0.3, 0.4) is 0 Å². The summed E-state index contributed by atoms with van der Waals surface area (Å²) in [6.07, 6.45) is 2.02. The molecular weight excluding hydrogens is 328 g/mol. The summed E-state index contributed by atoms with van der Waals surface area (Å²) in [6.45, 7) is 5.36. The van der Waals surface area contributed by atoms with Crippen LogP contribution >= 0.6 is 27.5 Å². The lowest BCUT2D eigenvalue weighted by Gasteiger charge is -2.31. The number of nitrogens with zero attached hydrogens (tertiary/aromatic N) is 1. The van der Waals surface area contributed by atoms with Crippen LogP contribution in [0.15, 0.2) is 22.7 Å². The van der Waals surface area contributed by atoms with E-state index >= 15 is 0 Å². The Morgan fingerprint density at radius 3 is 2.79 bits per heavy atom. The van der Waals surface area contributed by atoms with Crippen molar-refractivity contribution in [3.05, 3.63) is 33.3 Å². The highest BCUT2D eigenvalue weighted by Gasteiger charge is 2.21. The molecule has 104 valence electrons. The second-order valence-electron chi connectivity index (χ2n) is 4.81. The van der Waals surface area contributed by atoms with Crippen LogP contribution in [-0.4, -0.2) is 36.5 Å². The van der Waals surface area contributed by atoms with Crippen molar-refractivity contribution >= 4 is 33.4 Å². The average molecular weight is 346 g/mol. The first kappa shape index (κ1) is 14.8. The van der Waals surface area contributed by atoms with Crippen molar-refractivity contribution in [2.75, 3.05) is 19.6 Å². The molecule has 1 aromatic carbocycles. The molecule has 0 spiro atoms. The summed E-state index contributed by atoms with van der Waals surface area (Å²) in [5.74, 6) is -0.0516. The fourth-order valence-electron chi connectivity index (χ4n) is 2.33. The molecule has 1 fully saturated rings. The predicted octanol–water partition coefficient (Wildman–Crippen LogP) is 3.32. The SMILES string of the molecule is CCN1CCC(NC(=O)c2cc(Cl)ccc2Br)CC1. The molecule has 0 saturated carbocycles. The van der Waals surface area contributed by atoms with Gasteiger partial charge in [-0.25, -0.2) is 0 Å². The minimum absolute atomic E-state index is 0.0516. The molecule has 1 aromatic rings. The number of hydrogen-bond acceptors (Lipinski definition) is 2. The van der Waals surface area contributed by atoms with Crippen LogP contribution in [0.5, 0.6) is 0 Å². The normalized spacial score (nSPS) is 17.4. The lowest BCUT2D eigenvalue weighted by Crippen LogP contribution is -2.44. The molecule has 5 heteroatoms. The zero-order valence-corrected chi connectivity index (χ0v) is 13.3. The molecule has 0 aliphatic carbocycles. The number of benzene rings is 1. The molecule has 1 aliphatic heterocycles. The maximum atomic E-state index is 12.2. The van der Waals surface area contributed by atoms with Crippen molar-refractivity contribution in [2.45, 2.75) is 25.8 Å². The van der Waals surface area contributed by atoms with E-state index in [1.165, 1.54) is 0 Å². The van der Waals surface area contributed by atoms with Crippen molar-refractivity contribution in [3.8, 4) is 0 Å². The highest BCUT2D eigenvalue weighted by molar-refractivity contribution is 9.10. The lowest BCUT2D eigenvalue weighted by atomic mass is 10.0. The van der Waals surface area contributed by atoms with E-state index in [2.05, 4.69) is 33.1 Å². The number of amides is 1. The van der Waals surface area contributed by atoms with Crippen LogP contribution < -0.4 is 5.32 Å². The standard InChI is InChI=1S/C14H18BrClN2O/c1-2-18-7-5-11(6-8-18)17-14(19)12-9-10(16)3-4-13(12)15/h3-4,9,11H,2,5-8H2,1H3,(H,17,19). The number of piperidine rings is 1. The van der Waals surface area contributed by atoms with Crippen LogP contribution in [-0.2, 0) is 0 Å². The third-order valence-electron chi connectivity index (χ3n) is 3.54. The minimum Gasteiger partial charge on any atom is -0.349 e. The van der Waals surface area contributed by atoms with Crippen molar-refractivity contribution in [1.29, 1.82) is 0 Å². The Bertz CT molecular complexity index is 459. The summed E-state index contributed by atoms with van der Waals surface area (Å²) in [4.78, 5) is 14.6. The Kier molecular flexibility index (Phi) is 5.25. The van der Waals surface area contributed by atoms with Crippen LogP contribution in [0.4, 0.5) is 0 Å². The first-order chi connectivity index (χ1) is 9.10. The Labute approximate surface area is 127 Å². The van der Waals surface area contributed by atoms with Gasteiger partial charge in [0.15, 0.2) is 0 Å². The number of carbonyl (C=O) groups is 1. The topological polar surface area (TPSA) is 32.3 Å². The second-order valence-corrected chi connectivity index (χ2v) is 6.10. The monoisotopic (exact) mass is 344 g/mol. The molecule has 3 nitrogen and oxygen atoms in total. The van der Waals surface area contributed by atoms with Gasteiger partial charge in [-0.3, -0.25) is 4.79 Å². The Hall–Kier alpha value is -0.580. The summed E-state index contributed by atoms with van der Waals surface area (Å²) >= 11 is 9.32. The van der Waals surface area contributed by atoms with Gasteiger partial charge in [0.2, 0.25) is 0 Å². The van der Waals surface area contributed by atoms with Gasteiger partial charge in [0.05, 0.1) is 5.56 Å². The molecule has 0 bridgehead atoms. The van der Waals surface area contributed by atoms with Crippen molar-refractivity contribution in [3.63, 3.8) is 0 Å². The van der Waals surface area contributed by atoms with Gasteiger partial charge >= 0.3 is 0 Å². The first-order valence-corrected chi connectivity index (χ1v) is 7.75. The number of carbonyl (C=O) groups excluding carboxylic acids is 1. The molecule has 1 N–H and O–H groups in total. The van der Waals surface area contributed by atoms with Gasteiger partial charge < -0.3 is 10.2 Å². The molecule has 0 radical (unpaired) electrons. The Balaban J connectivity index is 1.96. The van der Waals surface area contributed by atoms with Crippen molar-refractivity contribution in [1.82, 2.24) is 10.2 Å².